The zero-order valence-corrected chi connectivity index (χ0v) is 7.45. The van der Waals surface area contributed by atoms with E-state index in [0.29, 0.717) is 12.8 Å². The van der Waals surface area contributed by atoms with E-state index in [0.717, 1.165) is 0 Å². The van der Waals surface area contributed by atoms with Gasteiger partial charge in [-0.25, -0.2) is 8.78 Å². The summed E-state index contributed by atoms with van der Waals surface area (Å²) >= 11 is 0. The van der Waals surface area contributed by atoms with Crippen LogP contribution in [-0.2, 0) is 0 Å². The largest absolute Gasteiger partial charge is 0.250 e. The molecule has 1 aliphatic rings. The highest BCUT2D eigenvalue weighted by molar-refractivity contribution is 4.87. The smallest absolute Gasteiger partial charge is 0.207 e. The summed E-state index contributed by atoms with van der Waals surface area (Å²) in [4.78, 5) is 0. The van der Waals surface area contributed by atoms with Crippen molar-refractivity contribution in [1.29, 1.82) is 0 Å². The van der Waals surface area contributed by atoms with Crippen molar-refractivity contribution in [1.82, 2.24) is 0 Å². The molecule has 0 aromatic rings. The first-order chi connectivity index (χ1) is 4.83. The van der Waals surface area contributed by atoms with E-state index < -0.39 is 11.8 Å². The Bertz CT molecular complexity index is 150. The molecular formula is C9H16F2. The minimum atomic E-state index is -2.41. The van der Waals surface area contributed by atoms with Crippen molar-refractivity contribution in [2.45, 2.75) is 46.0 Å². The minimum absolute atomic E-state index is 0.0706. The van der Waals surface area contributed by atoms with E-state index in [1.165, 1.54) is 0 Å². The van der Waals surface area contributed by atoms with Crippen LogP contribution in [-0.4, -0.2) is 5.92 Å². The van der Waals surface area contributed by atoms with Gasteiger partial charge in [-0.2, -0.15) is 0 Å². The predicted octanol–water partition coefficient (Wildman–Crippen LogP) is 3.47. The first-order valence-corrected chi connectivity index (χ1v) is 4.21. The van der Waals surface area contributed by atoms with Gasteiger partial charge in [-0.3, -0.25) is 0 Å². The molecule has 0 spiro atoms. The maximum Gasteiger partial charge on any atom is 0.250 e. The van der Waals surface area contributed by atoms with Crippen molar-refractivity contribution < 1.29 is 8.78 Å². The fourth-order valence-electron chi connectivity index (χ4n) is 1.83. The van der Waals surface area contributed by atoms with Crippen LogP contribution in [0.2, 0.25) is 0 Å². The third-order valence-corrected chi connectivity index (χ3v) is 2.71. The number of hydrogen-bond donors (Lipinski definition) is 0. The summed E-state index contributed by atoms with van der Waals surface area (Å²) in [7, 11) is 0. The summed E-state index contributed by atoms with van der Waals surface area (Å²) < 4.78 is 25.9. The van der Waals surface area contributed by atoms with Gasteiger partial charge in [-0.05, 0) is 18.3 Å². The van der Waals surface area contributed by atoms with Gasteiger partial charge in [0.05, 0.1) is 0 Å². The molecular weight excluding hydrogens is 146 g/mol. The summed E-state index contributed by atoms with van der Waals surface area (Å²) in [6.07, 6.45) is 1.38. The van der Waals surface area contributed by atoms with E-state index in [1.54, 1.807) is 6.92 Å². The third-order valence-electron chi connectivity index (χ3n) is 2.71. The fraction of sp³-hybridized carbons (Fsp3) is 1.00. The summed E-state index contributed by atoms with van der Waals surface area (Å²) in [6.45, 7) is 5.79. The third kappa shape index (κ3) is 1.91. The molecule has 1 rings (SSSR count). The van der Waals surface area contributed by atoms with Gasteiger partial charge in [-0.1, -0.05) is 20.8 Å². The minimum Gasteiger partial charge on any atom is -0.207 e. The molecule has 0 aromatic carbocycles. The zero-order chi connectivity index (χ0) is 8.70. The van der Waals surface area contributed by atoms with Gasteiger partial charge in [0, 0.05) is 12.3 Å². The van der Waals surface area contributed by atoms with Gasteiger partial charge in [0.1, 0.15) is 0 Å². The van der Waals surface area contributed by atoms with Crippen molar-refractivity contribution in [2.75, 3.05) is 0 Å². The van der Waals surface area contributed by atoms with Crippen LogP contribution in [0, 0.1) is 11.3 Å². The number of halogens is 2. The molecule has 0 nitrogen and oxygen atoms in total. The summed E-state index contributed by atoms with van der Waals surface area (Å²) in [5, 5.41) is 0. The second-order valence-corrected chi connectivity index (χ2v) is 4.53. The highest BCUT2D eigenvalue weighted by atomic mass is 19.3. The fourth-order valence-corrected chi connectivity index (χ4v) is 1.83. The van der Waals surface area contributed by atoms with Gasteiger partial charge < -0.3 is 0 Å². The monoisotopic (exact) mass is 162 g/mol. The van der Waals surface area contributed by atoms with Crippen LogP contribution in [0.3, 0.4) is 0 Å². The normalized spacial score (nSPS) is 35.2. The van der Waals surface area contributed by atoms with E-state index in [9.17, 15) is 8.78 Å². The van der Waals surface area contributed by atoms with Gasteiger partial charge in [0.15, 0.2) is 0 Å². The van der Waals surface area contributed by atoms with Gasteiger partial charge in [0.25, 0.3) is 5.92 Å². The Hall–Kier alpha value is -0.140. The molecule has 0 saturated heterocycles. The molecule has 0 aliphatic heterocycles. The number of hydrogen-bond acceptors (Lipinski definition) is 0. The Kier molecular flexibility index (Phi) is 1.97. The van der Waals surface area contributed by atoms with Crippen molar-refractivity contribution in [3.05, 3.63) is 0 Å². The predicted molar refractivity (Wildman–Crippen MR) is 41.7 cm³/mol. The molecule has 1 saturated carbocycles. The first-order valence-electron chi connectivity index (χ1n) is 4.21. The van der Waals surface area contributed by atoms with Gasteiger partial charge in [0.2, 0.25) is 0 Å². The maximum atomic E-state index is 12.9. The Morgan fingerprint density at radius 2 is 1.73 bits per heavy atom. The van der Waals surface area contributed by atoms with Crippen LogP contribution in [0.4, 0.5) is 8.78 Å². The second-order valence-electron chi connectivity index (χ2n) is 4.53. The Labute approximate surface area is 67.0 Å². The second kappa shape index (κ2) is 2.43. The molecule has 0 amide bonds. The first kappa shape index (κ1) is 8.95. The van der Waals surface area contributed by atoms with Crippen LogP contribution in [0.1, 0.15) is 40.0 Å². The molecule has 66 valence electrons. The molecule has 1 atom stereocenters. The Morgan fingerprint density at radius 1 is 1.18 bits per heavy atom. The molecule has 0 radical (unpaired) electrons. The van der Waals surface area contributed by atoms with Crippen molar-refractivity contribution in [2.24, 2.45) is 11.3 Å². The summed E-state index contributed by atoms with van der Waals surface area (Å²) in [5.41, 5.74) is 0.126. The standard InChI is InChI=1S/C9H16F2/c1-7-6-8(2,3)4-5-9(7,10)11/h7H,4-6H2,1-3H3/t7-/m1/s1. The summed E-state index contributed by atoms with van der Waals surface area (Å²) in [6, 6.07) is 0. The van der Waals surface area contributed by atoms with Crippen molar-refractivity contribution in [3.63, 3.8) is 0 Å². The van der Waals surface area contributed by atoms with Gasteiger partial charge in [-0.15, -0.1) is 0 Å². The highest BCUT2D eigenvalue weighted by Crippen LogP contribution is 2.46. The molecule has 1 aliphatic carbocycles. The zero-order valence-electron chi connectivity index (χ0n) is 7.45. The van der Waals surface area contributed by atoms with E-state index >= 15 is 0 Å². The van der Waals surface area contributed by atoms with Gasteiger partial charge >= 0.3 is 0 Å². The lowest BCUT2D eigenvalue weighted by atomic mass is 9.71. The molecule has 1 fully saturated rings. The lowest BCUT2D eigenvalue weighted by Crippen LogP contribution is -2.36. The molecule has 0 unspecified atom stereocenters. The average molecular weight is 162 g/mol. The number of alkyl halides is 2. The lowest BCUT2D eigenvalue weighted by molar-refractivity contribution is -0.105. The molecule has 0 heterocycles. The topological polar surface area (TPSA) is 0 Å². The molecule has 0 bridgehead atoms. The van der Waals surface area contributed by atoms with Crippen LogP contribution < -0.4 is 0 Å². The van der Waals surface area contributed by atoms with E-state index in [1.807, 2.05) is 0 Å². The SMILES string of the molecule is C[C@@H]1CC(C)(C)CCC1(F)F. The summed E-state index contributed by atoms with van der Waals surface area (Å²) in [5.74, 6) is -2.85. The van der Waals surface area contributed by atoms with Crippen molar-refractivity contribution in [3.8, 4) is 0 Å². The Morgan fingerprint density at radius 3 is 2.09 bits per heavy atom. The van der Waals surface area contributed by atoms with Crippen LogP contribution in [0.15, 0.2) is 0 Å². The van der Waals surface area contributed by atoms with Crippen molar-refractivity contribution >= 4 is 0 Å². The van der Waals surface area contributed by atoms with Crippen LogP contribution in [0.5, 0.6) is 0 Å². The highest BCUT2D eigenvalue weighted by Gasteiger charge is 2.44. The molecule has 0 aromatic heterocycles. The number of rotatable bonds is 0. The molecule has 2 heteroatoms. The lowest BCUT2D eigenvalue weighted by Gasteiger charge is -2.38. The van der Waals surface area contributed by atoms with E-state index in [4.69, 9.17) is 0 Å². The van der Waals surface area contributed by atoms with Crippen LogP contribution >= 0.6 is 0 Å². The van der Waals surface area contributed by atoms with Crippen LogP contribution in [0.25, 0.3) is 0 Å². The molecule has 0 N–H and O–H groups in total. The quantitative estimate of drug-likeness (QED) is 0.511. The van der Waals surface area contributed by atoms with E-state index in [-0.39, 0.29) is 11.8 Å². The average Bonchev–Trinajstić information content (AvgIpc) is 1.81. The molecule has 11 heavy (non-hydrogen) atoms. The maximum absolute atomic E-state index is 12.9. The Balaban J connectivity index is 2.63. The van der Waals surface area contributed by atoms with E-state index in [2.05, 4.69) is 13.8 Å².